The first-order valence-corrected chi connectivity index (χ1v) is 9.78. The molecule has 1 amide bonds. The summed E-state index contributed by atoms with van der Waals surface area (Å²) in [5.74, 6) is 1.44. The molecule has 3 rings (SSSR count). The number of carbonyl (C=O) groups excluding carboxylic acids is 1. The average Bonchev–Trinajstić information content (AvgIpc) is 2.73. The van der Waals surface area contributed by atoms with Gasteiger partial charge in [0.25, 0.3) is 5.91 Å². The molecule has 2 aromatic rings. The van der Waals surface area contributed by atoms with E-state index in [9.17, 15) is 4.79 Å². The quantitative estimate of drug-likeness (QED) is 0.774. The Bertz CT molecular complexity index is 822. The number of amides is 1. The number of hydrogen-bond donors (Lipinski definition) is 2. The molecule has 1 aliphatic rings. The lowest BCUT2D eigenvalue weighted by Gasteiger charge is -2.36. The van der Waals surface area contributed by atoms with Gasteiger partial charge in [-0.1, -0.05) is 23.7 Å². The van der Waals surface area contributed by atoms with E-state index in [1.54, 1.807) is 32.4 Å². The summed E-state index contributed by atoms with van der Waals surface area (Å²) in [7, 11) is 3.27. The van der Waals surface area contributed by atoms with Crippen LogP contribution in [0.2, 0.25) is 5.02 Å². The Kier molecular flexibility index (Phi) is 6.65. The molecular formula is C21H27ClN3O3+. The minimum atomic E-state index is -0.177. The highest BCUT2D eigenvalue weighted by molar-refractivity contribution is 6.31. The van der Waals surface area contributed by atoms with Crippen molar-refractivity contribution in [2.45, 2.75) is 13.0 Å². The van der Waals surface area contributed by atoms with Crippen LogP contribution in [-0.4, -0.2) is 52.3 Å². The van der Waals surface area contributed by atoms with Crippen LogP contribution in [0.5, 0.6) is 11.5 Å². The summed E-state index contributed by atoms with van der Waals surface area (Å²) in [6.07, 6.45) is 0. The molecule has 2 aromatic carbocycles. The largest absolute Gasteiger partial charge is 0.495 e. The zero-order valence-corrected chi connectivity index (χ0v) is 17.3. The molecule has 0 aromatic heterocycles. The maximum absolute atomic E-state index is 12.8. The smallest absolute Gasteiger partial charge is 0.282 e. The van der Waals surface area contributed by atoms with E-state index in [4.69, 9.17) is 21.1 Å². The van der Waals surface area contributed by atoms with E-state index >= 15 is 0 Å². The minimum absolute atomic E-state index is 0.0405. The molecule has 1 heterocycles. The predicted molar refractivity (Wildman–Crippen MR) is 112 cm³/mol. The highest BCUT2D eigenvalue weighted by Crippen LogP contribution is 2.28. The van der Waals surface area contributed by atoms with Gasteiger partial charge in [0.2, 0.25) is 0 Å². The summed E-state index contributed by atoms with van der Waals surface area (Å²) >= 11 is 6.06. The van der Waals surface area contributed by atoms with E-state index < -0.39 is 0 Å². The van der Waals surface area contributed by atoms with Crippen LogP contribution in [0.25, 0.3) is 0 Å². The third-order valence-electron chi connectivity index (χ3n) is 5.26. The van der Waals surface area contributed by atoms with Crippen LogP contribution in [0.15, 0.2) is 42.5 Å². The summed E-state index contributed by atoms with van der Waals surface area (Å²) in [6.45, 7) is 5.45. The average molecular weight is 405 g/mol. The number of carbonyl (C=O) groups is 1. The Labute approximate surface area is 171 Å². The Morgan fingerprint density at radius 1 is 1.11 bits per heavy atom. The lowest BCUT2D eigenvalue weighted by molar-refractivity contribution is -0.914. The van der Waals surface area contributed by atoms with Crippen LogP contribution in [-0.2, 0) is 4.79 Å². The van der Waals surface area contributed by atoms with Gasteiger partial charge in [-0.3, -0.25) is 4.79 Å². The molecule has 6 nitrogen and oxygen atoms in total. The van der Waals surface area contributed by atoms with Crippen LogP contribution in [0.4, 0.5) is 11.4 Å². The number of quaternary nitrogens is 1. The highest BCUT2D eigenvalue weighted by Gasteiger charge is 2.30. The van der Waals surface area contributed by atoms with Gasteiger partial charge < -0.3 is 24.6 Å². The molecule has 1 fully saturated rings. The maximum atomic E-state index is 12.8. The zero-order chi connectivity index (χ0) is 20.1. The summed E-state index contributed by atoms with van der Waals surface area (Å²) in [5, 5.41) is 3.51. The van der Waals surface area contributed by atoms with Gasteiger partial charge in [0.15, 0.2) is 6.04 Å². The molecule has 150 valence electrons. The summed E-state index contributed by atoms with van der Waals surface area (Å²) in [4.78, 5) is 16.3. The van der Waals surface area contributed by atoms with Crippen molar-refractivity contribution in [1.82, 2.24) is 0 Å². The number of rotatable bonds is 6. The Hall–Kier alpha value is -2.44. The van der Waals surface area contributed by atoms with Gasteiger partial charge in [-0.25, -0.2) is 0 Å². The zero-order valence-electron chi connectivity index (χ0n) is 16.5. The second-order valence-corrected chi connectivity index (χ2v) is 7.31. The molecule has 0 radical (unpaired) electrons. The fourth-order valence-electron chi connectivity index (χ4n) is 3.56. The van der Waals surface area contributed by atoms with Crippen molar-refractivity contribution in [2.75, 3.05) is 50.6 Å². The monoisotopic (exact) mass is 404 g/mol. The molecule has 0 spiro atoms. The van der Waals surface area contributed by atoms with Gasteiger partial charge in [-0.2, -0.15) is 0 Å². The fraction of sp³-hybridized carbons (Fsp3) is 0.381. The van der Waals surface area contributed by atoms with E-state index in [1.807, 2.05) is 25.1 Å². The Morgan fingerprint density at radius 2 is 1.79 bits per heavy atom. The second-order valence-electron chi connectivity index (χ2n) is 6.87. The van der Waals surface area contributed by atoms with E-state index in [-0.39, 0.29) is 11.9 Å². The van der Waals surface area contributed by atoms with Crippen molar-refractivity contribution in [3.63, 3.8) is 0 Å². The molecule has 0 bridgehead atoms. The molecule has 1 atom stereocenters. The number of hydrogen-bond acceptors (Lipinski definition) is 4. The van der Waals surface area contributed by atoms with E-state index in [0.29, 0.717) is 16.5 Å². The van der Waals surface area contributed by atoms with Crippen LogP contribution < -0.4 is 24.6 Å². The number of anilines is 2. The summed E-state index contributed by atoms with van der Waals surface area (Å²) < 4.78 is 10.8. The SMILES string of the molecule is COc1ccc(Cl)cc1NC(=O)[C@@H](C)[NH+]1CCN(c2ccccc2OC)CC1. The third-order valence-corrected chi connectivity index (χ3v) is 5.49. The number of piperazine rings is 1. The van der Waals surface area contributed by atoms with Gasteiger partial charge in [0.05, 0.1) is 51.8 Å². The maximum Gasteiger partial charge on any atom is 0.282 e. The standard InChI is InChI=1S/C21H26ClN3O3/c1-15(21(26)23-17-14-16(22)8-9-19(17)27-2)24-10-12-25(13-11-24)18-6-4-5-7-20(18)28-3/h4-9,14-15H,10-13H2,1-3H3,(H,23,26)/p+1/t15-/m1/s1. The van der Waals surface area contributed by atoms with Crippen molar-refractivity contribution < 1.29 is 19.2 Å². The summed E-state index contributed by atoms with van der Waals surface area (Å²) in [5.41, 5.74) is 1.70. The van der Waals surface area contributed by atoms with Crippen molar-refractivity contribution in [3.05, 3.63) is 47.5 Å². The van der Waals surface area contributed by atoms with Crippen LogP contribution in [0, 0.1) is 0 Å². The first-order chi connectivity index (χ1) is 13.5. The van der Waals surface area contributed by atoms with Gasteiger partial charge in [0.1, 0.15) is 11.5 Å². The third kappa shape index (κ3) is 4.51. The molecule has 2 N–H and O–H groups in total. The number of halogens is 1. The van der Waals surface area contributed by atoms with Gasteiger partial charge in [-0.05, 0) is 37.3 Å². The molecule has 0 aliphatic carbocycles. The molecule has 1 saturated heterocycles. The molecule has 7 heteroatoms. The lowest BCUT2D eigenvalue weighted by atomic mass is 10.2. The number of ether oxygens (including phenoxy) is 2. The van der Waals surface area contributed by atoms with E-state index in [0.717, 1.165) is 37.6 Å². The molecule has 28 heavy (non-hydrogen) atoms. The van der Waals surface area contributed by atoms with Crippen molar-refractivity contribution in [3.8, 4) is 11.5 Å². The van der Waals surface area contributed by atoms with Gasteiger partial charge in [-0.15, -0.1) is 0 Å². The molecule has 0 unspecified atom stereocenters. The lowest BCUT2D eigenvalue weighted by Crippen LogP contribution is -3.19. The van der Waals surface area contributed by atoms with Crippen molar-refractivity contribution in [2.24, 2.45) is 0 Å². The van der Waals surface area contributed by atoms with Crippen molar-refractivity contribution >= 4 is 28.9 Å². The van der Waals surface area contributed by atoms with Crippen molar-refractivity contribution in [1.29, 1.82) is 0 Å². The Balaban J connectivity index is 1.61. The highest BCUT2D eigenvalue weighted by atomic mass is 35.5. The van der Waals surface area contributed by atoms with Gasteiger partial charge >= 0.3 is 0 Å². The van der Waals surface area contributed by atoms with Crippen LogP contribution >= 0.6 is 11.6 Å². The Morgan fingerprint density at radius 3 is 2.46 bits per heavy atom. The number of para-hydroxylation sites is 2. The molecule has 1 aliphatic heterocycles. The van der Waals surface area contributed by atoms with E-state index in [1.165, 1.54) is 4.90 Å². The number of nitrogens with zero attached hydrogens (tertiary/aromatic N) is 1. The van der Waals surface area contributed by atoms with Crippen LogP contribution in [0.1, 0.15) is 6.92 Å². The van der Waals surface area contributed by atoms with E-state index in [2.05, 4.69) is 16.3 Å². The summed E-state index contributed by atoms with van der Waals surface area (Å²) in [6, 6.07) is 13.1. The first-order valence-electron chi connectivity index (χ1n) is 9.40. The minimum Gasteiger partial charge on any atom is -0.495 e. The number of nitrogens with one attached hydrogen (secondary N) is 2. The molecule has 0 saturated carbocycles. The van der Waals surface area contributed by atoms with Gasteiger partial charge in [0, 0.05) is 5.02 Å². The number of methoxy groups -OCH3 is 2. The topological polar surface area (TPSA) is 55.2 Å². The molecular weight excluding hydrogens is 378 g/mol. The fourth-order valence-corrected chi connectivity index (χ4v) is 3.74. The second kappa shape index (κ2) is 9.17. The predicted octanol–water partition coefficient (Wildman–Crippen LogP) is 2.09. The number of benzene rings is 2. The van der Waals surface area contributed by atoms with Crippen LogP contribution in [0.3, 0.4) is 0 Å². The first kappa shape index (κ1) is 20.3. The normalized spacial score (nSPS) is 15.8.